The van der Waals surface area contributed by atoms with Gasteiger partial charge in [0.2, 0.25) is 10.0 Å². The number of nitrogens with zero attached hydrogens (tertiary/aromatic N) is 1. The van der Waals surface area contributed by atoms with E-state index in [1.54, 1.807) is 24.3 Å². The highest BCUT2D eigenvalue weighted by Crippen LogP contribution is 2.21. The molecular weight excluding hydrogens is 282 g/mol. The molecule has 1 aliphatic rings. The van der Waals surface area contributed by atoms with E-state index in [0.717, 1.165) is 4.31 Å². The number of carboxylic acid groups (broad SMARTS) is 1. The van der Waals surface area contributed by atoms with Crippen LogP contribution in [0, 0.1) is 0 Å². The van der Waals surface area contributed by atoms with Crippen LogP contribution in [0.5, 0.6) is 5.75 Å². The first-order valence-corrected chi connectivity index (χ1v) is 8.02. The van der Waals surface area contributed by atoms with Crippen LogP contribution in [0.2, 0.25) is 0 Å². The van der Waals surface area contributed by atoms with Crippen LogP contribution in [0.4, 0.5) is 0 Å². The number of aliphatic carboxylic acids is 1. The van der Waals surface area contributed by atoms with Crippen molar-refractivity contribution in [1.82, 2.24) is 4.31 Å². The maximum atomic E-state index is 12.1. The highest BCUT2D eigenvalue weighted by molar-refractivity contribution is 7.89. The molecule has 0 radical (unpaired) electrons. The highest BCUT2D eigenvalue weighted by Gasteiger charge is 2.38. The third-order valence-electron chi connectivity index (χ3n) is 3.20. The van der Waals surface area contributed by atoms with Crippen molar-refractivity contribution in [2.45, 2.75) is 18.9 Å². The molecule has 0 aromatic heterocycles. The molecule has 7 heteroatoms. The first kappa shape index (κ1) is 14.8. The first-order chi connectivity index (χ1) is 9.50. The van der Waals surface area contributed by atoms with Gasteiger partial charge < -0.3 is 9.84 Å². The van der Waals surface area contributed by atoms with Gasteiger partial charge in [0.15, 0.2) is 0 Å². The van der Waals surface area contributed by atoms with Crippen molar-refractivity contribution in [3.05, 3.63) is 30.3 Å². The fraction of sp³-hybridized carbons (Fsp3) is 0.462. The van der Waals surface area contributed by atoms with E-state index in [4.69, 9.17) is 9.84 Å². The van der Waals surface area contributed by atoms with Gasteiger partial charge in [0.1, 0.15) is 18.4 Å². The van der Waals surface area contributed by atoms with Crippen LogP contribution in [0.1, 0.15) is 12.8 Å². The van der Waals surface area contributed by atoms with Gasteiger partial charge in [0.25, 0.3) is 0 Å². The van der Waals surface area contributed by atoms with Crippen LogP contribution in [0.25, 0.3) is 0 Å². The lowest BCUT2D eigenvalue weighted by Gasteiger charge is -2.20. The minimum absolute atomic E-state index is 0.00911. The molecule has 0 amide bonds. The Morgan fingerprint density at radius 3 is 2.70 bits per heavy atom. The molecule has 1 heterocycles. The zero-order valence-electron chi connectivity index (χ0n) is 10.9. The normalized spacial score (nSPS) is 19.9. The lowest BCUT2D eigenvalue weighted by atomic mass is 10.2. The van der Waals surface area contributed by atoms with Crippen molar-refractivity contribution >= 4 is 16.0 Å². The molecule has 1 atom stereocenters. The number of hydrogen-bond acceptors (Lipinski definition) is 4. The number of carboxylic acids is 1. The van der Waals surface area contributed by atoms with Crippen molar-refractivity contribution in [2.75, 3.05) is 18.9 Å². The fourth-order valence-electron chi connectivity index (χ4n) is 2.22. The molecule has 2 rings (SSSR count). The zero-order chi connectivity index (χ0) is 14.6. The van der Waals surface area contributed by atoms with Gasteiger partial charge in [-0.3, -0.25) is 4.79 Å². The second-order valence-electron chi connectivity index (χ2n) is 4.58. The number of sulfonamides is 1. The average molecular weight is 299 g/mol. The Kier molecular flexibility index (Phi) is 4.61. The lowest BCUT2D eigenvalue weighted by Crippen LogP contribution is -2.42. The molecule has 1 aromatic carbocycles. The van der Waals surface area contributed by atoms with E-state index in [0.29, 0.717) is 18.6 Å². The van der Waals surface area contributed by atoms with Crippen molar-refractivity contribution in [3.8, 4) is 5.75 Å². The van der Waals surface area contributed by atoms with Gasteiger partial charge in [0.05, 0.1) is 5.75 Å². The Hall–Kier alpha value is -1.60. The molecule has 1 aliphatic heterocycles. The van der Waals surface area contributed by atoms with E-state index in [1.807, 2.05) is 6.07 Å². The molecule has 0 saturated carbocycles. The SMILES string of the molecule is O=C(O)C1CCCN1S(=O)(=O)CCOc1ccccc1. The standard InChI is InChI=1S/C13H17NO5S/c15-13(16)12-7-4-8-14(12)20(17,18)10-9-19-11-5-2-1-3-6-11/h1-3,5-6,12H,4,7-10H2,(H,15,16). The minimum atomic E-state index is -3.60. The molecule has 1 unspecified atom stereocenters. The Morgan fingerprint density at radius 1 is 1.35 bits per heavy atom. The summed E-state index contributed by atoms with van der Waals surface area (Å²) in [6.07, 6.45) is 0.948. The Balaban J connectivity index is 1.92. The van der Waals surface area contributed by atoms with E-state index >= 15 is 0 Å². The largest absolute Gasteiger partial charge is 0.492 e. The molecule has 0 aliphatic carbocycles. The van der Waals surface area contributed by atoms with Crippen molar-refractivity contribution in [2.24, 2.45) is 0 Å². The van der Waals surface area contributed by atoms with Crippen molar-refractivity contribution in [3.63, 3.8) is 0 Å². The van der Waals surface area contributed by atoms with E-state index in [-0.39, 0.29) is 18.9 Å². The predicted molar refractivity (Wildman–Crippen MR) is 73.1 cm³/mol. The van der Waals surface area contributed by atoms with E-state index in [9.17, 15) is 13.2 Å². The number of para-hydroxylation sites is 1. The Morgan fingerprint density at radius 2 is 2.05 bits per heavy atom. The maximum Gasteiger partial charge on any atom is 0.322 e. The van der Waals surface area contributed by atoms with Crippen LogP contribution in [0.15, 0.2) is 30.3 Å². The number of ether oxygens (including phenoxy) is 1. The summed E-state index contributed by atoms with van der Waals surface area (Å²) in [5.74, 6) is -0.708. The molecular formula is C13H17NO5S. The number of rotatable bonds is 6. The van der Waals surface area contributed by atoms with E-state index in [2.05, 4.69) is 0 Å². The van der Waals surface area contributed by atoms with Crippen molar-refractivity contribution in [1.29, 1.82) is 0 Å². The quantitative estimate of drug-likeness (QED) is 0.845. The van der Waals surface area contributed by atoms with Gasteiger partial charge >= 0.3 is 5.97 Å². The predicted octanol–water partition coefficient (Wildman–Crippen LogP) is 0.944. The molecule has 6 nitrogen and oxygen atoms in total. The van der Waals surface area contributed by atoms with Gasteiger partial charge in [-0.15, -0.1) is 0 Å². The summed E-state index contributed by atoms with van der Waals surface area (Å²) >= 11 is 0. The summed E-state index contributed by atoms with van der Waals surface area (Å²) in [6.45, 7) is 0.278. The molecule has 20 heavy (non-hydrogen) atoms. The van der Waals surface area contributed by atoms with Gasteiger partial charge in [0, 0.05) is 6.54 Å². The summed E-state index contributed by atoms with van der Waals surface area (Å²) in [4.78, 5) is 11.0. The molecule has 0 spiro atoms. The molecule has 1 aromatic rings. The molecule has 110 valence electrons. The highest BCUT2D eigenvalue weighted by atomic mass is 32.2. The lowest BCUT2D eigenvalue weighted by molar-refractivity contribution is -0.140. The van der Waals surface area contributed by atoms with Crippen LogP contribution in [0.3, 0.4) is 0 Å². The number of benzene rings is 1. The third-order valence-corrected chi connectivity index (χ3v) is 5.03. The molecule has 1 N–H and O–H groups in total. The maximum absolute atomic E-state index is 12.1. The van der Waals surface area contributed by atoms with E-state index < -0.39 is 22.0 Å². The molecule has 1 saturated heterocycles. The van der Waals surface area contributed by atoms with Gasteiger partial charge in [-0.25, -0.2) is 8.42 Å². The van der Waals surface area contributed by atoms with Crippen molar-refractivity contribution < 1.29 is 23.1 Å². The van der Waals surface area contributed by atoms with Crippen LogP contribution >= 0.6 is 0 Å². The van der Waals surface area contributed by atoms with E-state index in [1.165, 1.54) is 0 Å². The van der Waals surface area contributed by atoms with Crippen LogP contribution < -0.4 is 4.74 Å². The van der Waals surface area contributed by atoms with Gasteiger partial charge in [-0.05, 0) is 25.0 Å². The zero-order valence-corrected chi connectivity index (χ0v) is 11.8. The summed E-state index contributed by atoms with van der Waals surface area (Å²) in [7, 11) is -3.60. The minimum Gasteiger partial charge on any atom is -0.492 e. The Labute approximate surface area is 118 Å². The smallest absolute Gasteiger partial charge is 0.322 e. The fourth-order valence-corrected chi connectivity index (χ4v) is 3.74. The first-order valence-electron chi connectivity index (χ1n) is 6.41. The molecule has 1 fully saturated rings. The average Bonchev–Trinajstić information content (AvgIpc) is 2.90. The van der Waals surface area contributed by atoms with Crippen LogP contribution in [-0.4, -0.2) is 48.7 Å². The topological polar surface area (TPSA) is 83.9 Å². The second-order valence-corrected chi connectivity index (χ2v) is 6.63. The summed E-state index contributed by atoms with van der Waals surface area (Å²) in [6, 6.07) is 7.98. The molecule has 0 bridgehead atoms. The summed E-state index contributed by atoms with van der Waals surface area (Å²) < 4.78 is 30.7. The van der Waals surface area contributed by atoms with Crippen LogP contribution in [-0.2, 0) is 14.8 Å². The number of carbonyl (C=O) groups is 1. The van der Waals surface area contributed by atoms with Gasteiger partial charge in [-0.2, -0.15) is 4.31 Å². The third kappa shape index (κ3) is 3.49. The summed E-state index contributed by atoms with van der Waals surface area (Å²) in [5.41, 5.74) is 0. The Bertz CT molecular complexity index is 557. The number of hydrogen-bond donors (Lipinski definition) is 1. The second kappa shape index (κ2) is 6.23. The van der Waals surface area contributed by atoms with Gasteiger partial charge in [-0.1, -0.05) is 18.2 Å². The summed E-state index contributed by atoms with van der Waals surface area (Å²) in [5, 5.41) is 9.01. The monoisotopic (exact) mass is 299 g/mol.